The van der Waals surface area contributed by atoms with E-state index >= 15 is 0 Å². The highest BCUT2D eigenvalue weighted by Gasteiger charge is 2.32. The number of unbranched alkanes of at least 4 members (excludes halogenated alkanes) is 30. The molecule has 18 nitrogen and oxygen atoms in total. The number of ether oxygens (including phenoxy) is 7. The minimum Gasteiger partial charge on any atom is -0.494 e. The Hall–Kier alpha value is -10.4. The van der Waals surface area contributed by atoms with Crippen molar-refractivity contribution in [1.29, 1.82) is 0 Å². The molecule has 0 fully saturated rings. The van der Waals surface area contributed by atoms with Crippen LogP contribution in [0, 0.1) is 6.92 Å². The molecule has 0 radical (unpaired) electrons. The molecule has 0 atom stereocenters. The van der Waals surface area contributed by atoms with E-state index < -0.39 is 0 Å². The number of amides is 2. The summed E-state index contributed by atoms with van der Waals surface area (Å²) in [7, 11) is 1.66. The molecule has 14 rings (SSSR count). The Morgan fingerprint density at radius 3 is 0.970 bits per heavy atom. The topological polar surface area (TPSA) is 210 Å². The van der Waals surface area contributed by atoms with Gasteiger partial charge in [0.25, 0.3) is 11.8 Å². The molecule has 2 aliphatic heterocycles. The second kappa shape index (κ2) is 61.6. The van der Waals surface area contributed by atoms with Gasteiger partial charge in [-0.05, 0) is 171 Å². The van der Waals surface area contributed by atoms with E-state index in [2.05, 4.69) is 152 Å². The number of carbonyl (C=O) groups is 2. The summed E-state index contributed by atoms with van der Waals surface area (Å²) in [4.78, 5) is 54.7. The summed E-state index contributed by atoms with van der Waals surface area (Å²) < 4.78 is 39.4. The number of nitrogens with one attached hydrogen (secondary N) is 5. The van der Waals surface area contributed by atoms with E-state index in [4.69, 9.17) is 38.1 Å². The molecule has 2 aliphatic rings. The monoisotopic (exact) mass is 1830 g/mol. The van der Waals surface area contributed by atoms with Gasteiger partial charge in [-0.3, -0.25) is 14.6 Å². The van der Waals surface area contributed by atoms with E-state index in [1.807, 2.05) is 98.2 Å². The van der Waals surface area contributed by atoms with E-state index in [-0.39, 0.29) is 11.8 Å². The average molecular weight is 1830 g/mol. The SMILES string of the molecule is C=C1c2ccccc2C(=O)N1CCc1c[nH]c2ccc(C)nc12.C=C1c2ccccc2C(=O)N1CCc1c[nH]c2ccc(OCCCCCCCCC)nc12.CCCCCCCCCCCCCCCCOc1ccc2[nH]cc(CCC)c2c1.CCCCCCCCCCCCCCOc1ccc2[nH]cc(CCC)c2c1.CCCc1c[nH]c2ccc(OCCOCCOCCOC)cc12. The van der Waals surface area contributed by atoms with Crippen molar-refractivity contribution in [1.82, 2.24) is 44.7 Å². The van der Waals surface area contributed by atoms with Gasteiger partial charge in [0, 0.05) is 129 Å². The molecule has 18 heteroatoms. The van der Waals surface area contributed by atoms with Crippen LogP contribution in [-0.2, 0) is 46.3 Å². The fourth-order valence-electron chi connectivity index (χ4n) is 18.0. The Bertz CT molecular complexity index is 5290. The summed E-state index contributed by atoms with van der Waals surface area (Å²) in [6, 6.07) is 42.3. The Labute approximate surface area is 802 Å². The average Bonchev–Trinajstić information content (AvgIpc) is 1.63. The fraction of sp³-hybridized carbons (Fsp3) is 0.517. The number of nitrogens with zero attached hydrogens (tertiary/aromatic N) is 4. The van der Waals surface area contributed by atoms with E-state index in [9.17, 15) is 9.59 Å². The smallest absolute Gasteiger partial charge is 0.258 e. The summed E-state index contributed by atoms with van der Waals surface area (Å²) in [5.41, 5.74) is 19.8. The first kappa shape index (κ1) is 106. The number of methoxy groups -OCH3 is 1. The number of fused-ring (bicyclic) bond motifs is 7. The van der Waals surface area contributed by atoms with Crippen LogP contribution >= 0.6 is 0 Å². The highest BCUT2D eigenvalue weighted by Crippen LogP contribution is 2.36. The predicted molar refractivity (Wildman–Crippen MR) is 559 cm³/mol. The molecular formula is C116H163N9O9. The Kier molecular flexibility index (Phi) is 48.5. The van der Waals surface area contributed by atoms with Gasteiger partial charge in [0.1, 0.15) is 23.9 Å². The normalized spacial score (nSPS) is 12.2. The van der Waals surface area contributed by atoms with E-state index in [1.54, 1.807) is 16.9 Å². The summed E-state index contributed by atoms with van der Waals surface area (Å²) in [6.45, 7) is 30.7. The van der Waals surface area contributed by atoms with Gasteiger partial charge < -0.3 is 67.9 Å². The molecule has 0 aliphatic carbocycles. The molecule has 0 saturated carbocycles. The molecule has 7 aromatic heterocycles. The Balaban J connectivity index is 0.000000174. The highest BCUT2D eigenvalue weighted by atomic mass is 16.6. The summed E-state index contributed by atoms with van der Waals surface area (Å²) in [5, 5.41) is 3.89. The number of aromatic amines is 5. The zero-order valence-electron chi connectivity index (χ0n) is 83.2. The first-order chi connectivity index (χ1) is 65.9. The van der Waals surface area contributed by atoms with Crippen LogP contribution < -0.4 is 18.9 Å². The maximum Gasteiger partial charge on any atom is 0.258 e. The van der Waals surface area contributed by atoms with Gasteiger partial charge in [0.2, 0.25) is 5.88 Å². The first-order valence-corrected chi connectivity index (χ1v) is 51.9. The third-order valence-corrected chi connectivity index (χ3v) is 25.7. The number of carbonyl (C=O) groups excluding carboxylic acids is 2. The number of hydrogen-bond acceptors (Lipinski definition) is 11. The van der Waals surface area contributed by atoms with Crippen LogP contribution in [0.5, 0.6) is 23.1 Å². The summed E-state index contributed by atoms with van der Waals surface area (Å²) in [5.74, 6) is 3.64. The Morgan fingerprint density at radius 2 is 0.604 bits per heavy atom. The van der Waals surface area contributed by atoms with Crippen molar-refractivity contribution in [2.24, 2.45) is 0 Å². The van der Waals surface area contributed by atoms with Crippen LogP contribution in [0.4, 0.5) is 0 Å². The maximum absolute atomic E-state index is 12.8. The largest absolute Gasteiger partial charge is 0.494 e. The zero-order chi connectivity index (χ0) is 94.4. The lowest BCUT2D eigenvalue weighted by atomic mass is 10.0. The minimum atomic E-state index is 0.0251. The first-order valence-electron chi connectivity index (χ1n) is 51.9. The number of rotatable bonds is 61. The van der Waals surface area contributed by atoms with E-state index in [0.717, 1.165) is 147 Å². The third kappa shape index (κ3) is 34.7. The lowest BCUT2D eigenvalue weighted by molar-refractivity contribution is 0.0180. The van der Waals surface area contributed by atoms with Gasteiger partial charge in [-0.1, -0.05) is 303 Å². The van der Waals surface area contributed by atoms with Gasteiger partial charge in [0.15, 0.2) is 0 Å². The number of aryl methyl sites for hydroxylation is 4. The molecular weight excluding hydrogens is 1660 g/mol. The van der Waals surface area contributed by atoms with Gasteiger partial charge in [-0.2, -0.15) is 0 Å². The van der Waals surface area contributed by atoms with Gasteiger partial charge in [0.05, 0.1) is 74.9 Å². The minimum absolute atomic E-state index is 0.0251. The van der Waals surface area contributed by atoms with Gasteiger partial charge in [-0.25, -0.2) is 4.98 Å². The van der Waals surface area contributed by atoms with Crippen molar-refractivity contribution in [3.8, 4) is 23.1 Å². The molecule has 5 aromatic carbocycles. The number of aromatic nitrogens is 7. The molecule has 0 unspecified atom stereocenters. The maximum atomic E-state index is 12.8. The number of H-pyrrole nitrogens is 5. The molecule has 9 heterocycles. The fourth-order valence-corrected chi connectivity index (χ4v) is 18.0. The molecule has 12 aromatic rings. The number of benzene rings is 5. The lowest BCUT2D eigenvalue weighted by Crippen LogP contribution is -2.25. The zero-order valence-corrected chi connectivity index (χ0v) is 83.2. The van der Waals surface area contributed by atoms with Crippen molar-refractivity contribution < 1.29 is 42.7 Å². The number of pyridine rings is 2. The quantitative estimate of drug-likeness (QED) is 0.0226. The van der Waals surface area contributed by atoms with Crippen LogP contribution in [-0.4, -0.2) is 136 Å². The van der Waals surface area contributed by atoms with Crippen LogP contribution in [0.3, 0.4) is 0 Å². The van der Waals surface area contributed by atoms with Crippen molar-refractivity contribution in [2.45, 2.75) is 312 Å². The lowest BCUT2D eigenvalue weighted by Gasteiger charge is -2.17. The van der Waals surface area contributed by atoms with Crippen molar-refractivity contribution >= 4 is 78.0 Å². The Morgan fingerprint density at radius 1 is 0.299 bits per heavy atom. The molecule has 2 amide bonds. The highest BCUT2D eigenvalue weighted by molar-refractivity contribution is 6.09. The van der Waals surface area contributed by atoms with Crippen LogP contribution in [0.15, 0.2) is 172 Å². The molecule has 0 saturated heterocycles. The second-order valence-corrected chi connectivity index (χ2v) is 36.5. The van der Waals surface area contributed by atoms with Crippen molar-refractivity contribution in [3.63, 3.8) is 0 Å². The van der Waals surface area contributed by atoms with Gasteiger partial charge in [-0.15, -0.1) is 0 Å². The standard InChI is InChI=1S/C27H33N3O2.C27H45NO.C25H41NO.C19H17N3O.C18H27NO4/c1-3-4-5-6-7-8-11-18-32-25-15-14-24-26(29-25)21(19-28-24)16-17-30-20(2)22-12-9-10-13-23(22)27(30)31;1-3-5-6-7-8-9-10-11-12-13-14-15-16-17-21-29-25-19-20-27-26(22-25)24(18-4-2)23-28-27;1-3-5-6-7-8-9-10-11-12-13-14-15-19-27-23-17-18-25-24(20-23)22(16-4-2)21-26-25;1-12-7-8-17-18(21-12)14(11-20-17)9-10-22-13(2)15-5-3-4-6-16(15)19(22)23;1-3-4-15-14-19-18-6-5-16(13-17(15)18)23-12-11-22-10-9-21-8-7-20-2/h9-10,12-15,19,28H,2-8,11,16-18H2,1H3;19-20,22-23,28H,3-18,21H2,1-2H3;17-18,20-21,26H,3-16,19H2,1-2H3;3-8,11,20H,2,9-10H2,1H3;5-6,13-14,19H,3-4,7-12H2,1-2H3. The second-order valence-electron chi connectivity index (χ2n) is 36.5. The van der Waals surface area contributed by atoms with Crippen LogP contribution in [0.25, 0.3) is 66.2 Å². The van der Waals surface area contributed by atoms with E-state index in [0.29, 0.717) is 71.6 Å². The van der Waals surface area contributed by atoms with Crippen molar-refractivity contribution in [2.75, 3.05) is 79.7 Å². The third-order valence-electron chi connectivity index (χ3n) is 25.7. The van der Waals surface area contributed by atoms with Crippen LogP contribution in [0.1, 0.15) is 338 Å². The molecule has 5 N–H and O–H groups in total. The summed E-state index contributed by atoms with van der Waals surface area (Å²) >= 11 is 0. The molecule has 0 spiro atoms. The molecule has 726 valence electrons. The van der Waals surface area contributed by atoms with Gasteiger partial charge >= 0.3 is 0 Å². The number of hydrogen-bond donors (Lipinski definition) is 5. The predicted octanol–water partition coefficient (Wildman–Crippen LogP) is 30.3. The molecule has 134 heavy (non-hydrogen) atoms. The van der Waals surface area contributed by atoms with Crippen LogP contribution in [0.2, 0.25) is 0 Å². The van der Waals surface area contributed by atoms with E-state index in [1.165, 1.54) is 262 Å². The summed E-state index contributed by atoms with van der Waals surface area (Å²) in [6.07, 6.45) is 63.6. The van der Waals surface area contributed by atoms with Crippen molar-refractivity contribution in [3.05, 3.63) is 227 Å². The molecule has 0 bridgehead atoms.